The average molecular weight is 207 g/mol. The first kappa shape index (κ1) is 9.08. The lowest BCUT2D eigenvalue weighted by Gasteiger charge is -1.92. The van der Waals surface area contributed by atoms with E-state index in [-0.39, 0.29) is 5.78 Å². The predicted octanol–water partition coefficient (Wildman–Crippen LogP) is 1.92. The van der Waals surface area contributed by atoms with Crippen LogP contribution in [0.15, 0.2) is 23.3 Å². The largest absolute Gasteiger partial charge is 0.294 e. The smallest absolute Gasteiger partial charge is 0.165 e. The third-order valence-corrected chi connectivity index (χ3v) is 2.45. The van der Waals surface area contributed by atoms with Crippen LogP contribution in [0.25, 0.3) is 5.82 Å². The van der Waals surface area contributed by atoms with Gasteiger partial charge in [-0.3, -0.25) is 4.79 Å². The Morgan fingerprint density at radius 1 is 1.64 bits per heavy atom. The molecule has 0 spiro atoms. The number of thiazole rings is 1. The van der Waals surface area contributed by atoms with Crippen molar-refractivity contribution in [1.82, 2.24) is 14.8 Å². The molecule has 0 aromatic carbocycles. The van der Waals surface area contributed by atoms with E-state index in [1.54, 1.807) is 22.6 Å². The Balaban J connectivity index is 2.31. The van der Waals surface area contributed by atoms with Gasteiger partial charge in [-0.2, -0.15) is 5.10 Å². The zero-order chi connectivity index (χ0) is 9.97. The summed E-state index contributed by atoms with van der Waals surface area (Å²) in [5, 5.41) is 5.95. The van der Waals surface area contributed by atoms with Gasteiger partial charge in [0.15, 0.2) is 11.6 Å². The van der Waals surface area contributed by atoms with Crippen molar-refractivity contribution in [1.29, 1.82) is 0 Å². The second-order valence-corrected chi connectivity index (χ2v) is 3.52. The molecule has 0 atom stereocenters. The first-order valence-electron chi connectivity index (χ1n) is 4.27. The van der Waals surface area contributed by atoms with Crippen LogP contribution in [0.2, 0.25) is 0 Å². The third-order valence-electron chi connectivity index (χ3n) is 1.88. The fraction of sp³-hybridized carbons (Fsp3) is 0.222. The highest BCUT2D eigenvalue weighted by Crippen LogP contribution is 2.09. The Kier molecular flexibility index (Phi) is 2.41. The Morgan fingerprint density at radius 3 is 3.14 bits per heavy atom. The number of ketones is 1. The minimum Gasteiger partial charge on any atom is -0.294 e. The van der Waals surface area contributed by atoms with E-state index >= 15 is 0 Å². The molecule has 72 valence electrons. The van der Waals surface area contributed by atoms with E-state index in [2.05, 4.69) is 10.1 Å². The molecule has 5 heteroatoms. The molecule has 0 amide bonds. The zero-order valence-electron chi connectivity index (χ0n) is 7.67. The van der Waals surface area contributed by atoms with E-state index < -0.39 is 0 Å². The number of nitrogens with zero attached hydrogens (tertiary/aromatic N) is 3. The van der Waals surface area contributed by atoms with Crippen molar-refractivity contribution in [3.05, 3.63) is 28.8 Å². The molecule has 0 aliphatic heterocycles. The van der Waals surface area contributed by atoms with Crippen LogP contribution in [-0.2, 0) is 0 Å². The maximum Gasteiger partial charge on any atom is 0.165 e. The van der Waals surface area contributed by atoms with Crippen molar-refractivity contribution in [3.63, 3.8) is 0 Å². The topological polar surface area (TPSA) is 47.8 Å². The minimum atomic E-state index is 0.103. The quantitative estimate of drug-likeness (QED) is 0.722. The van der Waals surface area contributed by atoms with Crippen molar-refractivity contribution in [2.45, 2.75) is 13.3 Å². The lowest BCUT2D eigenvalue weighted by atomic mass is 10.2. The van der Waals surface area contributed by atoms with Gasteiger partial charge in [-0.1, -0.05) is 6.92 Å². The summed E-state index contributed by atoms with van der Waals surface area (Å²) in [6.45, 7) is 1.84. The van der Waals surface area contributed by atoms with Crippen LogP contribution in [0.3, 0.4) is 0 Å². The van der Waals surface area contributed by atoms with E-state index in [4.69, 9.17) is 0 Å². The molecule has 0 N–H and O–H groups in total. The molecule has 0 unspecified atom stereocenters. The number of carbonyl (C=O) groups excluding carboxylic acids is 1. The first-order valence-corrected chi connectivity index (χ1v) is 5.22. The monoisotopic (exact) mass is 207 g/mol. The van der Waals surface area contributed by atoms with Crippen molar-refractivity contribution in [3.8, 4) is 5.82 Å². The third kappa shape index (κ3) is 1.58. The summed E-state index contributed by atoms with van der Waals surface area (Å²) in [5.41, 5.74) is 2.37. The van der Waals surface area contributed by atoms with Gasteiger partial charge in [0.1, 0.15) is 0 Å². The molecule has 2 rings (SSSR count). The molecule has 0 aliphatic carbocycles. The molecule has 4 nitrogen and oxygen atoms in total. The van der Waals surface area contributed by atoms with Crippen LogP contribution in [0.5, 0.6) is 0 Å². The highest BCUT2D eigenvalue weighted by atomic mass is 32.1. The van der Waals surface area contributed by atoms with Crippen LogP contribution in [-0.4, -0.2) is 20.5 Å². The van der Waals surface area contributed by atoms with Crippen molar-refractivity contribution in [2.24, 2.45) is 0 Å². The number of aromatic nitrogens is 3. The predicted molar refractivity (Wildman–Crippen MR) is 53.9 cm³/mol. The molecule has 2 heterocycles. The van der Waals surface area contributed by atoms with Crippen molar-refractivity contribution in [2.75, 3.05) is 0 Å². The molecule has 2 aromatic rings. The maximum absolute atomic E-state index is 11.3. The van der Waals surface area contributed by atoms with Crippen LogP contribution < -0.4 is 0 Å². The van der Waals surface area contributed by atoms with Crippen molar-refractivity contribution < 1.29 is 4.79 Å². The second-order valence-electron chi connectivity index (χ2n) is 2.80. The molecule has 14 heavy (non-hydrogen) atoms. The second kappa shape index (κ2) is 3.71. The Labute approximate surface area is 85.2 Å². The van der Waals surface area contributed by atoms with Gasteiger partial charge in [-0.25, -0.2) is 9.67 Å². The van der Waals surface area contributed by atoms with Crippen molar-refractivity contribution >= 4 is 17.1 Å². The summed E-state index contributed by atoms with van der Waals surface area (Å²) in [7, 11) is 0. The molecular formula is C9H9N3OS. The van der Waals surface area contributed by atoms with Gasteiger partial charge < -0.3 is 0 Å². The molecule has 0 saturated carbocycles. The lowest BCUT2D eigenvalue weighted by molar-refractivity contribution is 0.0988. The highest BCUT2D eigenvalue weighted by molar-refractivity contribution is 7.07. The number of hydrogen-bond acceptors (Lipinski definition) is 4. The van der Waals surface area contributed by atoms with Gasteiger partial charge in [0, 0.05) is 18.0 Å². The Bertz CT molecular complexity index is 433. The average Bonchev–Trinajstić information content (AvgIpc) is 2.86. The number of Topliss-reactive ketones (excluding diaryl/α,β-unsaturated/α-hetero) is 1. The summed E-state index contributed by atoms with van der Waals surface area (Å²) in [6.07, 6.45) is 3.79. The lowest BCUT2D eigenvalue weighted by Crippen LogP contribution is -1.95. The molecular weight excluding hydrogens is 198 g/mol. The van der Waals surface area contributed by atoms with Gasteiger partial charge in [0.25, 0.3) is 0 Å². The minimum absolute atomic E-state index is 0.103. The fourth-order valence-corrected chi connectivity index (χ4v) is 1.64. The Morgan fingerprint density at radius 2 is 2.50 bits per heavy atom. The van der Waals surface area contributed by atoms with E-state index in [0.29, 0.717) is 12.0 Å². The molecule has 0 bridgehead atoms. The van der Waals surface area contributed by atoms with Crippen LogP contribution >= 0.6 is 11.3 Å². The molecule has 0 fully saturated rings. The van der Waals surface area contributed by atoms with Gasteiger partial charge in [0.05, 0.1) is 17.3 Å². The Hall–Kier alpha value is -1.49. The summed E-state index contributed by atoms with van der Waals surface area (Å²) >= 11 is 1.50. The maximum atomic E-state index is 11.3. The van der Waals surface area contributed by atoms with Gasteiger partial charge >= 0.3 is 0 Å². The van der Waals surface area contributed by atoms with E-state index in [1.807, 2.05) is 12.3 Å². The van der Waals surface area contributed by atoms with E-state index in [9.17, 15) is 4.79 Å². The summed E-state index contributed by atoms with van der Waals surface area (Å²) in [4.78, 5) is 15.4. The number of carbonyl (C=O) groups is 1. The van der Waals surface area contributed by atoms with Gasteiger partial charge in [-0.15, -0.1) is 11.3 Å². The summed E-state index contributed by atoms with van der Waals surface area (Å²) in [5.74, 6) is 0.858. The summed E-state index contributed by atoms with van der Waals surface area (Å²) < 4.78 is 1.61. The van der Waals surface area contributed by atoms with E-state index in [0.717, 1.165) is 5.82 Å². The molecule has 0 radical (unpaired) electrons. The van der Waals surface area contributed by atoms with Gasteiger partial charge in [-0.05, 0) is 0 Å². The molecule has 0 aliphatic rings. The first-order chi connectivity index (χ1) is 6.81. The summed E-state index contributed by atoms with van der Waals surface area (Å²) in [6, 6.07) is 0. The zero-order valence-corrected chi connectivity index (χ0v) is 8.49. The SMILES string of the molecule is CCC(=O)c1cnn(-c2cscn2)c1. The standard InChI is InChI=1S/C9H9N3OS/c1-2-8(13)7-3-11-12(4-7)9-5-14-6-10-9/h3-6H,2H2,1H3. The van der Waals surface area contributed by atoms with E-state index in [1.165, 1.54) is 11.3 Å². The molecule has 2 aromatic heterocycles. The highest BCUT2D eigenvalue weighted by Gasteiger charge is 2.07. The van der Waals surface area contributed by atoms with Crippen LogP contribution in [0, 0.1) is 0 Å². The number of hydrogen-bond donors (Lipinski definition) is 0. The number of rotatable bonds is 3. The molecule has 0 saturated heterocycles. The van der Waals surface area contributed by atoms with Crippen LogP contribution in [0.1, 0.15) is 23.7 Å². The fourth-order valence-electron chi connectivity index (χ4n) is 1.12. The normalized spacial score (nSPS) is 10.4. The van der Waals surface area contributed by atoms with Gasteiger partial charge in [0.2, 0.25) is 0 Å². The van der Waals surface area contributed by atoms with Crippen LogP contribution in [0.4, 0.5) is 0 Å².